The molecule has 1 amide bonds. The van der Waals surface area contributed by atoms with Crippen molar-refractivity contribution in [1.29, 1.82) is 0 Å². The molecule has 4 nitrogen and oxygen atoms in total. The monoisotopic (exact) mass is 242 g/mol. The van der Waals surface area contributed by atoms with Crippen LogP contribution in [0.5, 0.6) is 0 Å². The Hall–Kier alpha value is -0.610. The SMILES string of the molecule is CCOCC(NC(=O)C1CNCC1C)C(C)C. The number of carbonyl (C=O) groups is 1. The Bertz CT molecular complexity index is 244. The van der Waals surface area contributed by atoms with Gasteiger partial charge in [-0.2, -0.15) is 0 Å². The highest BCUT2D eigenvalue weighted by atomic mass is 16.5. The number of carbonyl (C=O) groups excluding carboxylic acids is 1. The van der Waals surface area contributed by atoms with E-state index >= 15 is 0 Å². The van der Waals surface area contributed by atoms with Gasteiger partial charge in [0.15, 0.2) is 0 Å². The normalized spacial score (nSPS) is 26.2. The number of amides is 1. The largest absolute Gasteiger partial charge is 0.380 e. The second-order valence-electron chi connectivity index (χ2n) is 5.26. The van der Waals surface area contributed by atoms with E-state index in [0.717, 1.165) is 13.1 Å². The van der Waals surface area contributed by atoms with E-state index in [9.17, 15) is 4.79 Å². The van der Waals surface area contributed by atoms with E-state index < -0.39 is 0 Å². The van der Waals surface area contributed by atoms with Gasteiger partial charge in [-0.1, -0.05) is 20.8 Å². The fraction of sp³-hybridized carbons (Fsp3) is 0.923. The number of hydrogen-bond donors (Lipinski definition) is 2. The Morgan fingerprint density at radius 1 is 1.47 bits per heavy atom. The lowest BCUT2D eigenvalue weighted by atomic mass is 9.96. The molecule has 1 rings (SSSR count). The van der Waals surface area contributed by atoms with Crippen molar-refractivity contribution >= 4 is 5.91 Å². The highest BCUT2D eigenvalue weighted by Gasteiger charge is 2.31. The van der Waals surface area contributed by atoms with Crippen LogP contribution in [0.25, 0.3) is 0 Å². The number of nitrogens with one attached hydrogen (secondary N) is 2. The molecule has 3 atom stereocenters. The predicted octanol–water partition coefficient (Wildman–Crippen LogP) is 1.02. The maximum Gasteiger partial charge on any atom is 0.225 e. The zero-order chi connectivity index (χ0) is 12.8. The average molecular weight is 242 g/mol. The molecule has 2 N–H and O–H groups in total. The van der Waals surface area contributed by atoms with Crippen molar-refractivity contribution in [2.75, 3.05) is 26.3 Å². The molecule has 1 aliphatic heterocycles. The zero-order valence-electron chi connectivity index (χ0n) is 11.5. The first kappa shape index (κ1) is 14.5. The summed E-state index contributed by atoms with van der Waals surface area (Å²) in [6.07, 6.45) is 0. The summed E-state index contributed by atoms with van der Waals surface area (Å²) >= 11 is 0. The van der Waals surface area contributed by atoms with Gasteiger partial charge in [0.25, 0.3) is 0 Å². The van der Waals surface area contributed by atoms with Crippen LogP contribution in [0.15, 0.2) is 0 Å². The summed E-state index contributed by atoms with van der Waals surface area (Å²) in [5, 5.41) is 6.38. The molecule has 4 heteroatoms. The van der Waals surface area contributed by atoms with Crippen LogP contribution in [0, 0.1) is 17.8 Å². The van der Waals surface area contributed by atoms with Gasteiger partial charge in [-0.3, -0.25) is 4.79 Å². The van der Waals surface area contributed by atoms with Crippen molar-refractivity contribution in [1.82, 2.24) is 10.6 Å². The van der Waals surface area contributed by atoms with Gasteiger partial charge in [0.05, 0.1) is 18.6 Å². The topological polar surface area (TPSA) is 50.4 Å². The third-order valence-electron chi connectivity index (χ3n) is 3.49. The van der Waals surface area contributed by atoms with Crippen LogP contribution in [0.4, 0.5) is 0 Å². The van der Waals surface area contributed by atoms with Crippen LogP contribution in [-0.2, 0) is 9.53 Å². The predicted molar refractivity (Wildman–Crippen MR) is 68.8 cm³/mol. The molecule has 1 heterocycles. The summed E-state index contributed by atoms with van der Waals surface area (Å²) in [5.41, 5.74) is 0. The molecule has 0 radical (unpaired) electrons. The lowest BCUT2D eigenvalue weighted by Crippen LogP contribution is -2.46. The minimum absolute atomic E-state index is 0.109. The molecule has 0 aliphatic carbocycles. The van der Waals surface area contributed by atoms with Crippen LogP contribution < -0.4 is 10.6 Å². The number of rotatable bonds is 6. The molecular weight excluding hydrogens is 216 g/mol. The zero-order valence-corrected chi connectivity index (χ0v) is 11.5. The minimum atomic E-state index is 0.109. The van der Waals surface area contributed by atoms with Gasteiger partial charge in [-0.05, 0) is 25.3 Å². The molecule has 1 saturated heterocycles. The van der Waals surface area contributed by atoms with Crippen LogP contribution in [0.2, 0.25) is 0 Å². The fourth-order valence-corrected chi connectivity index (χ4v) is 2.10. The Kier molecular flexibility index (Phi) is 5.92. The van der Waals surface area contributed by atoms with Crippen LogP contribution in [0.1, 0.15) is 27.7 Å². The maximum atomic E-state index is 12.1. The van der Waals surface area contributed by atoms with Crippen molar-refractivity contribution in [2.45, 2.75) is 33.7 Å². The van der Waals surface area contributed by atoms with E-state index in [0.29, 0.717) is 25.0 Å². The van der Waals surface area contributed by atoms with Gasteiger partial charge >= 0.3 is 0 Å². The van der Waals surface area contributed by atoms with E-state index in [1.807, 2.05) is 6.92 Å². The molecule has 1 aliphatic rings. The molecule has 3 unspecified atom stereocenters. The number of hydrogen-bond acceptors (Lipinski definition) is 3. The Labute approximate surface area is 104 Å². The molecular formula is C13H26N2O2. The lowest BCUT2D eigenvalue weighted by Gasteiger charge is -2.24. The third kappa shape index (κ3) is 4.28. The molecule has 1 fully saturated rings. The van der Waals surface area contributed by atoms with Crippen molar-refractivity contribution < 1.29 is 9.53 Å². The summed E-state index contributed by atoms with van der Waals surface area (Å²) in [5.74, 6) is 1.10. The standard InChI is InChI=1S/C13H26N2O2/c1-5-17-8-12(9(2)3)15-13(16)11-7-14-6-10(11)4/h9-12,14H,5-8H2,1-4H3,(H,15,16). The molecule has 0 aromatic heterocycles. The summed E-state index contributed by atoms with van der Waals surface area (Å²) in [6, 6.07) is 0.121. The second-order valence-corrected chi connectivity index (χ2v) is 5.26. The first-order chi connectivity index (χ1) is 8.06. The van der Waals surface area contributed by atoms with Gasteiger partial charge in [0.2, 0.25) is 5.91 Å². The van der Waals surface area contributed by atoms with Crippen LogP contribution in [-0.4, -0.2) is 38.3 Å². The molecule has 0 bridgehead atoms. The van der Waals surface area contributed by atoms with Gasteiger partial charge in [-0.25, -0.2) is 0 Å². The minimum Gasteiger partial charge on any atom is -0.380 e. The molecule has 17 heavy (non-hydrogen) atoms. The van der Waals surface area contributed by atoms with Crippen LogP contribution >= 0.6 is 0 Å². The van der Waals surface area contributed by atoms with Crippen molar-refractivity contribution in [3.8, 4) is 0 Å². The molecule has 100 valence electrons. The van der Waals surface area contributed by atoms with Gasteiger partial charge < -0.3 is 15.4 Å². The summed E-state index contributed by atoms with van der Waals surface area (Å²) in [7, 11) is 0. The summed E-state index contributed by atoms with van der Waals surface area (Å²) in [6.45, 7) is 11.4. The maximum absolute atomic E-state index is 12.1. The summed E-state index contributed by atoms with van der Waals surface area (Å²) < 4.78 is 5.42. The van der Waals surface area contributed by atoms with Crippen molar-refractivity contribution in [2.24, 2.45) is 17.8 Å². The highest BCUT2D eigenvalue weighted by molar-refractivity contribution is 5.79. The Morgan fingerprint density at radius 3 is 2.65 bits per heavy atom. The van der Waals surface area contributed by atoms with Gasteiger partial charge in [0, 0.05) is 13.2 Å². The van der Waals surface area contributed by atoms with E-state index in [4.69, 9.17) is 4.74 Å². The van der Waals surface area contributed by atoms with E-state index in [-0.39, 0.29) is 17.9 Å². The average Bonchev–Trinajstić information content (AvgIpc) is 2.70. The Morgan fingerprint density at radius 2 is 2.18 bits per heavy atom. The van der Waals surface area contributed by atoms with Crippen molar-refractivity contribution in [3.05, 3.63) is 0 Å². The Balaban J connectivity index is 2.45. The number of ether oxygens (including phenoxy) is 1. The molecule has 0 aromatic carbocycles. The fourth-order valence-electron chi connectivity index (χ4n) is 2.10. The first-order valence-corrected chi connectivity index (χ1v) is 6.65. The van der Waals surface area contributed by atoms with Gasteiger partial charge in [0.1, 0.15) is 0 Å². The molecule has 0 aromatic rings. The van der Waals surface area contributed by atoms with Crippen molar-refractivity contribution in [3.63, 3.8) is 0 Å². The molecule has 0 spiro atoms. The highest BCUT2D eigenvalue weighted by Crippen LogP contribution is 2.16. The smallest absolute Gasteiger partial charge is 0.225 e. The van der Waals surface area contributed by atoms with E-state index in [1.165, 1.54) is 0 Å². The lowest BCUT2D eigenvalue weighted by molar-refractivity contribution is -0.127. The summed E-state index contributed by atoms with van der Waals surface area (Å²) in [4.78, 5) is 12.1. The quantitative estimate of drug-likeness (QED) is 0.731. The van der Waals surface area contributed by atoms with E-state index in [1.54, 1.807) is 0 Å². The second kappa shape index (κ2) is 6.97. The van der Waals surface area contributed by atoms with E-state index in [2.05, 4.69) is 31.4 Å². The van der Waals surface area contributed by atoms with Crippen LogP contribution in [0.3, 0.4) is 0 Å². The third-order valence-corrected chi connectivity index (χ3v) is 3.49. The van der Waals surface area contributed by atoms with Gasteiger partial charge in [-0.15, -0.1) is 0 Å². The first-order valence-electron chi connectivity index (χ1n) is 6.65. The molecule has 0 saturated carbocycles.